The summed E-state index contributed by atoms with van der Waals surface area (Å²) in [5, 5.41) is 21.9. The van der Waals surface area contributed by atoms with Crippen LogP contribution in [0.15, 0.2) is 380 Å². The minimum Gasteiger partial charge on any atom is -0.464 e. The van der Waals surface area contributed by atoms with Crippen LogP contribution in [0.2, 0.25) is 0 Å². The zero-order chi connectivity index (χ0) is 61.7. The van der Waals surface area contributed by atoms with Crippen molar-refractivity contribution in [1.82, 2.24) is 4.98 Å². The molecule has 3 aromatic heterocycles. The lowest BCUT2D eigenvalue weighted by Gasteiger charge is -2.09. The molecule has 1 aliphatic rings. The Morgan fingerprint density at radius 1 is 0.319 bits per heavy atom. The molecule has 2 nitrogen and oxygen atoms in total. The number of nitrogens with one attached hydrogen (secondary N) is 1. The van der Waals surface area contributed by atoms with Crippen molar-refractivity contribution in [2.24, 2.45) is 0 Å². The second-order valence-corrected chi connectivity index (χ2v) is 22.9. The van der Waals surface area contributed by atoms with Crippen molar-refractivity contribution in [2.45, 2.75) is 13.3 Å². The number of rotatable bonds is 1. The summed E-state index contributed by atoms with van der Waals surface area (Å²) < 4.78 is 6.49. The first kappa shape index (κ1) is 59.9. The Balaban J connectivity index is 0.000000103. The number of hydrogen-bond donors (Lipinski definition) is 1. The first-order chi connectivity index (χ1) is 45.1. The molecule has 0 bridgehead atoms. The maximum atomic E-state index is 5.12. The van der Waals surface area contributed by atoms with Crippen molar-refractivity contribution in [3.8, 4) is 11.1 Å². The standard InChI is InChI=1S/C18H12.C17H14.C14H10.C9H8.C8H7N.C8H6O.C8H6S.C6H6/c1-2-8-14-13(7-1)15-9-3-4-11-17(15)18-12-6-5-10-16(14)18;1-13-9-11-15(12-10-13)17-8-4-6-14-5-2-3-7-16(14)17;1-3-7-13-11(5-1)9-10-12-6-2-4-8-14(12)13;1-2-5-9-7-3-6-8(9)4-1;3*1-2-4-8-7(3-1)5-6-9-8;1-2-4-6-5-3-1/h1-12H;2-12H,1H3;1-10H;1-6H,7H2;1-6,9H;2*1-6H;1-6H. The molecule has 18 aromatic rings. The second-order valence-electron chi connectivity index (χ2n) is 22.0. The van der Waals surface area contributed by atoms with E-state index in [-0.39, 0.29) is 0 Å². The second kappa shape index (κ2) is 30.5. The van der Waals surface area contributed by atoms with E-state index in [1.54, 1.807) is 17.6 Å². The van der Waals surface area contributed by atoms with Crippen molar-refractivity contribution < 1.29 is 4.42 Å². The van der Waals surface area contributed by atoms with Crippen molar-refractivity contribution in [3.05, 3.63) is 392 Å². The Morgan fingerprint density at radius 3 is 1.32 bits per heavy atom. The van der Waals surface area contributed by atoms with Crippen LogP contribution in [0.5, 0.6) is 0 Å². The summed E-state index contributed by atoms with van der Waals surface area (Å²) in [7, 11) is 0. The molecule has 1 N–H and O–H groups in total. The lowest BCUT2D eigenvalue weighted by molar-refractivity contribution is 0.616. The number of fused-ring (bicyclic) bond motifs is 14. The van der Waals surface area contributed by atoms with E-state index in [1.165, 1.54) is 113 Å². The Kier molecular flexibility index (Phi) is 20.1. The van der Waals surface area contributed by atoms with Gasteiger partial charge < -0.3 is 9.40 Å². The average Bonchev–Trinajstić information content (AvgIpc) is 1.45. The molecule has 0 unspecified atom stereocenters. The molecule has 19 rings (SSSR count). The number of aryl methyl sites for hydroxylation is 1. The number of aromatic nitrogens is 1. The summed E-state index contributed by atoms with van der Waals surface area (Å²) in [6.07, 6.45) is 9.14. The Hall–Kier alpha value is -11.4. The molecule has 0 amide bonds. The third-order valence-electron chi connectivity index (χ3n) is 16.0. The number of furan rings is 1. The zero-order valence-electron chi connectivity index (χ0n) is 50.9. The van der Waals surface area contributed by atoms with Crippen LogP contribution in [0.4, 0.5) is 0 Å². The van der Waals surface area contributed by atoms with Crippen molar-refractivity contribution in [1.29, 1.82) is 0 Å². The lowest BCUT2D eigenvalue weighted by Crippen LogP contribution is -1.81. The van der Waals surface area contributed by atoms with Gasteiger partial charge in [-0.1, -0.05) is 333 Å². The summed E-state index contributed by atoms with van der Waals surface area (Å²) in [5.74, 6) is 0. The van der Waals surface area contributed by atoms with E-state index in [0.717, 1.165) is 17.4 Å². The number of H-pyrrole nitrogens is 1. The molecular formula is C88H69NOS. The van der Waals surface area contributed by atoms with Crippen LogP contribution < -0.4 is 0 Å². The van der Waals surface area contributed by atoms with Gasteiger partial charge >= 0.3 is 0 Å². The van der Waals surface area contributed by atoms with E-state index in [4.69, 9.17) is 4.42 Å². The largest absolute Gasteiger partial charge is 0.464 e. The number of aromatic amines is 1. The monoisotopic (exact) mass is 1190 g/mol. The van der Waals surface area contributed by atoms with E-state index < -0.39 is 0 Å². The molecule has 0 aliphatic heterocycles. The van der Waals surface area contributed by atoms with E-state index in [0.29, 0.717) is 0 Å². The maximum Gasteiger partial charge on any atom is 0.133 e. The highest BCUT2D eigenvalue weighted by molar-refractivity contribution is 7.17. The molecule has 438 valence electrons. The summed E-state index contributed by atoms with van der Waals surface area (Å²) in [6.45, 7) is 2.12. The van der Waals surface area contributed by atoms with Crippen LogP contribution >= 0.6 is 11.3 Å². The SMILES string of the molecule is C1=Cc2ccccc2C1.Cc1ccc(-c2cccc3ccccc23)cc1.c1ccc2[nH]ccc2c1.c1ccc2c(c1)c1ccccc1c1ccccc21.c1ccc2c(c1)ccc1ccccc12.c1ccc2occc2c1.c1ccc2sccc2c1.c1ccccc1. The number of allylic oxidation sites excluding steroid dienone is 1. The van der Waals surface area contributed by atoms with Gasteiger partial charge in [0.15, 0.2) is 0 Å². The minimum absolute atomic E-state index is 0.956. The van der Waals surface area contributed by atoms with Gasteiger partial charge in [-0.2, -0.15) is 0 Å². The fourth-order valence-electron chi connectivity index (χ4n) is 11.4. The van der Waals surface area contributed by atoms with Gasteiger partial charge in [-0.15, -0.1) is 11.3 Å². The van der Waals surface area contributed by atoms with E-state index in [9.17, 15) is 0 Å². The number of para-hydroxylation sites is 2. The van der Waals surface area contributed by atoms with Gasteiger partial charge in [0.2, 0.25) is 0 Å². The molecule has 0 fully saturated rings. The van der Waals surface area contributed by atoms with E-state index >= 15 is 0 Å². The van der Waals surface area contributed by atoms with Crippen LogP contribution in [0.1, 0.15) is 16.7 Å². The van der Waals surface area contributed by atoms with Crippen molar-refractivity contribution >= 4 is 114 Å². The average molecular weight is 1190 g/mol. The molecular weight excluding hydrogens is 1120 g/mol. The molecule has 0 spiro atoms. The smallest absolute Gasteiger partial charge is 0.133 e. The van der Waals surface area contributed by atoms with Crippen molar-refractivity contribution in [3.63, 3.8) is 0 Å². The molecule has 15 aromatic carbocycles. The highest BCUT2D eigenvalue weighted by Crippen LogP contribution is 2.35. The quantitative estimate of drug-likeness (QED) is 0.163. The number of hydrogen-bond acceptors (Lipinski definition) is 2. The summed E-state index contributed by atoms with van der Waals surface area (Å²) in [5.41, 5.74) is 8.90. The van der Waals surface area contributed by atoms with Gasteiger partial charge in [-0.3, -0.25) is 0 Å². The Labute approximate surface area is 536 Å². The lowest BCUT2D eigenvalue weighted by atomic mass is 9.95. The van der Waals surface area contributed by atoms with Gasteiger partial charge in [0, 0.05) is 21.8 Å². The summed E-state index contributed by atoms with van der Waals surface area (Å²) in [6, 6.07) is 122. The highest BCUT2D eigenvalue weighted by Gasteiger charge is 2.07. The van der Waals surface area contributed by atoms with Crippen LogP contribution in [0.3, 0.4) is 0 Å². The predicted octanol–water partition coefficient (Wildman–Crippen LogP) is 25.4. The van der Waals surface area contributed by atoms with Gasteiger partial charge in [0.1, 0.15) is 5.58 Å². The van der Waals surface area contributed by atoms with E-state index in [2.05, 4.69) is 302 Å². The predicted molar refractivity (Wildman–Crippen MR) is 396 cm³/mol. The molecule has 3 heterocycles. The van der Waals surface area contributed by atoms with Crippen LogP contribution in [0, 0.1) is 6.92 Å². The van der Waals surface area contributed by atoms with Crippen LogP contribution in [0.25, 0.3) is 114 Å². The first-order valence-electron chi connectivity index (χ1n) is 30.9. The number of benzene rings is 15. The minimum atomic E-state index is 0.956. The number of thiophene rings is 1. The molecule has 91 heavy (non-hydrogen) atoms. The van der Waals surface area contributed by atoms with Gasteiger partial charge in [0.05, 0.1) is 6.26 Å². The van der Waals surface area contributed by atoms with E-state index in [1.807, 2.05) is 85.1 Å². The molecule has 0 saturated carbocycles. The van der Waals surface area contributed by atoms with Gasteiger partial charge in [0.25, 0.3) is 0 Å². The molecule has 0 saturated heterocycles. The first-order valence-corrected chi connectivity index (χ1v) is 31.8. The van der Waals surface area contributed by atoms with Gasteiger partial charge in [-0.25, -0.2) is 0 Å². The Bertz CT molecular complexity index is 4750. The third-order valence-corrected chi connectivity index (χ3v) is 16.9. The Morgan fingerprint density at radius 2 is 0.769 bits per heavy atom. The van der Waals surface area contributed by atoms with Gasteiger partial charge in [-0.05, 0) is 153 Å². The third kappa shape index (κ3) is 15.3. The summed E-state index contributed by atoms with van der Waals surface area (Å²) >= 11 is 1.79. The molecule has 3 heteroatoms. The highest BCUT2D eigenvalue weighted by atomic mass is 32.1. The fourth-order valence-corrected chi connectivity index (χ4v) is 12.2. The normalized spacial score (nSPS) is 10.8. The molecule has 0 atom stereocenters. The fraction of sp³-hybridized carbons (Fsp3) is 0.0227. The molecule has 1 aliphatic carbocycles. The van der Waals surface area contributed by atoms with Crippen LogP contribution in [-0.2, 0) is 6.42 Å². The summed E-state index contributed by atoms with van der Waals surface area (Å²) in [4.78, 5) is 3.12. The zero-order valence-corrected chi connectivity index (χ0v) is 51.7. The topological polar surface area (TPSA) is 28.9 Å². The molecule has 0 radical (unpaired) electrons. The van der Waals surface area contributed by atoms with Crippen molar-refractivity contribution in [2.75, 3.05) is 0 Å². The van der Waals surface area contributed by atoms with Crippen LogP contribution in [-0.4, -0.2) is 4.98 Å². The maximum absolute atomic E-state index is 5.12.